The van der Waals surface area contributed by atoms with Gasteiger partial charge in [-0.05, 0) is 0 Å². The van der Waals surface area contributed by atoms with E-state index in [-0.39, 0.29) is 50.6 Å². The van der Waals surface area contributed by atoms with Crippen LogP contribution in [0.5, 0.6) is 0 Å². The Morgan fingerprint density at radius 3 is 1.67 bits per heavy atom. The van der Waals surface area contributed by atoms with Crippen LogP contribution in [0.15, 0.2) is 0 Å². The molecule has 0 aromatic heterocycles. The molecular formula is C2H5NaO2Pt. The molecule has 36 valence electrons. The molecule has 0 aliphatic rings. The first kappa shape index (κ1) is 15.7. The average molecular weight is 279 g/mol. The van der Waals surface area contributed by atoms with Crippen molar-refractivity contribution in [2.75, 3.05) is 0 Å². The molecule has 0 fully saturated rings. The van der Waals surface area contributed by atoms with Crippen molar-refractivity contribution in [1.29, 1.82) is 0 Å². The van der Waals surface area contributed by atoms with Crippen LogP contribution in [-0.4, -0.2) is 40.6 Å². The predicted octanol–water partition coefficient (Wildman–Crippen LogP) is -0.560. The molecule has 4 heteroatoms. The minimum Gasteiger partial charge on any atom is 0 e. The topological polar surface area (TPSA) is 37.3 Å². The van der Waals surface area contributed by atoms with Gasteiger partial charge in [0.05, 0.1) is 0 Å². The Morgan fingerprint density at radius 1 is 1.67 bits per heavy atom. The number of carboxylic acid groups (broad SMARTS) is 1. The van der Waals surface area contributed by atoms with Crippen LogP contribution in [0.1, 0.15) is 6.92 Å². The molecule has 0 atom stereocenters. The SMILES string of the molecule is CC(=O)O.[NaH].[Pt]. The van der Waals surface area contributed by atoms with E-state index in [4.69, 9.17) is 9.90 Å². The minimum absolute atomic E-state index is 0. The van der Waals surface area contributed by atoms with Crippen LogP contribution in [-0.2, 0) is 25.9 Å². The van der Waals surface area contributed by atoms with Crippen molar-refractivity contribution in [3.05, 3.63) is 0 Å². The number of carbonyl (C=O) groups is 1. The van der Waals surface area contributed by atoms with Gasteiger partial charge in [0.2, 0.25) is 0 Å². The van der Waals surface area contributed by atoms with Gasteiger partial charge in [0.25, 0.3) is 5.97 Å². The van der Waals surface area contributed by atoms with Crippen LogP contribution >= 0.6 is 0 Å². The first-order chi connectivity index (χ1) is 1.73. The van der Waals surface area contributed by atoms with Gasteiger partial charge in [-0.2, -0.15) is 0 Å². The molecule has 6 heavy (non-hydrogen) atoms. The normalized spacial score (nSPS) is 4.17. The number of rotatable bonds is 0. The average Bonchev–Trinajstić information content (AvgIpc) is 0.811. The van der Waals surface area contributed by atoms with Gasteiger partial charge in [-0.3, -0.25) is 4.79 Å². The van der Waals surface area contributed by atoms with Crippen LogP contribution in [0.2, 0.25) is 0 Å². The number of hydrogen-bond donors (Lipinski definition) is 1. The monoisotopic (exact) mass is 279 g/mol. The first-order valence-corrected chi connectivity index (χ1v) is 0.928. The molecule has 0 aliphatic heterocycles. The summed E-state index contributed by atoms with van der Waals surface area (Å²) in [5.74, 6) is -0.833. The van der Waals surface area contributed by atoms with Gasteiger partial charge in [0.15, 0.2) is 0 Å². The summed E-state index contributed by atoms with van der Waals surface area (Å²) in [7, 11) is 0. The number of aliphatic carboxylic acids is 1. The Hall–Kier alpha value is 1.16. The number of hydrogen-bond acceptors (Lipinski definition) is 1. The fourth-order valence-corrected chi connectivity index (χ4v) is 0. The molecule has 0 spiro atoms. The van der Waals surface area contributed by atoms with E-state index in [1.165, 1.54) is 0 Å². The van der Waals surface area contributed by atoms with Crippen molar-refractivity contribution in [3.8, 4) is 0 Å². The Balaban J connectivity index is -0.0000000450. The molecule has 0 unspecified atom stereocenters. The second-order valence-electron chi connectivity index (χ2n) is 0.519. The third kappa shape index (κ3) is 66.5. The molecular weight excluding hydrogens is 274 g/mol. The molecule has 0 aliphatic carbocycles. The van der Waals surface area contributed by atoms with Gasteiger partial charge >= 0.3 is 29.6 Å². The zero-order chi connectivity index (χ0) is 3.58. The van der Waals surface area contributed by atoms with Crippen LogP contribution in [0, 0.1) is 0 Å². The molecule has 0 saturated heterocycles. The van der Waals surface area contributed by atoms with Crippen molar-refractivity contribution in [2.45, 2.75) is 6.92 Å². The summed E-state index contributed by atoms with van der Waals surface area (Å²) in [6.07, 6.45) is 0. The summed E-state index contributed by atoms with van der Waals surface area (Å²) < 4.78 is 0. The van der Waals surface area contributed by atoms with Crippen LogP contribution < -0.4 is 0 Å². The van der Waals surface area contributed by atoms with Crippen molar-refractivity contribution in [1.82, 2.24) is 0 Å². The summed E-state index contributed by atoms with van der Waals surface area (Å²) in [6, 6.07) is 0. The Labute approximate surface area is 72.9 Å². The van der Waals surface area contributed by atoms with Gasteiger partial charge < -0.3 is 5.11 Å². The maximum absolute atomic E-state index is 9.00. The van der Waals surface area contributed by atoms with E-state index in [0.29, 0.717) is 0 Å². The smallest absolute Gasteiger partial charge is 0 e. The Kier molecular flexibility index (Phi) is 24.8. The van der Waals surface area contributed by atoms with E-state index in [9.17, 15) is 0 Å². The minimum atomic E-state index is -0.833. The van der Waals surface area contributed by atoms with E-state index in [1.807, 2.05) is 0 Å². The quantitative estimate of drug-likeness (QED) is 0.604. The maximum atomic E-state index is 9.00. The molecule has 0 aromatic carbocycles. The van der Waals surface area contributed by atoms with E-state index < -0.39 is 5.97 Å². The molecule has 0 saturated carbocycles. The summed E-state index contributed by atoms with van der Waals surface area (Å²) in [5.41, 5.74) is 0. The Bertz CT molecular complexity index is 34.5. The van der Waals surface area contributed by atoms with E-state index >= 15 is 0 Å². The van der Waals surface area contributed by atoms with Gasteiger partial charge in [-0.15, -0.1) is 0 Å². The summed E-state index contributed by atoms with van der Waals surface area (Å²) in [4.78, 5) is 9.00. The fraction of sp³-hybridized carbons (Fsp3) is 0.500. The third-order valence-corrected chi connectivity index (χ3v) is 0. The van der Waals surface area contributed by atoms with E-state index in [1.54, 1.807) is 0 Å². The van der Waals surface area contributed by atoms with Crippen LogP contribution in [0.3, 0.4) is 0 Å². The molecule has 0 radical (unpaired) electrons. The largest absolute Gasteiger partial charge is 0 e. The van der Waals surface area contributed by atoms with Crippen molar-refractivity contribution in [2.24, 2.45) is 0 Å². The van der Waals surface area contributed by atoms with Gasteiger partial charge in [0, 0.05) is 28.0 Å². The zero-order valence-electron chi connectivity index (χ0n) is 2.67. The van der Waals surface area contributed by atoms with Gasteiger partial charge in [-0.25, -0.2) is 0 Å². The molecule has 0 heterocycles. The summed E-state index contributed by atoms with van der Waals surface area (Å²) >= 11 is 0. The molecule has 1 N–H and O–H groups in total. The molecule has 0 bridgehead atoms. The van der Waals surface area contributed by atoms with Crippen LogP contribution in [0.4, 0.5) is 0 Å². The maximum Gasteiger partial charge on any atom is 0 e. The summed E-state index contributed by atoms with van der Waals surface area (Å²) in [6.45, 7) is 1.08. The van der Waals surface area contributed by atoms with Gasteiger partial charge in [0.1, 0.15) is 0 Å². The molecule has 0 aromatic rings. The zero-order valence-corrected chi connectivity index (χ0v) is 4.94. The van der Waals surface area contributed by atoms with Crippen molar-refractivity contribution >= 4 is 35.5 Å². The summed E-state index contributed by atoms with van der Waals surface area (Å²) in [5, 5.41) is 7.42. The first-order valence-electron chi connectivity index (χ1n) is 0.928. The van der Waals surface area contributed by atoms with E-state index in [0.717, 1.165) is 6.92 Å². The predicted molar refractivity (Wildman–Crippen MR) is 20.5 cm³/mol. The van der Waals surface area contributed by atoms with Crippen LogP contribution in [0.25, 0.3) is 0 Å². The fourth-order valence-electron chi connectivity index (χ4n) is 0. The Morgan fingerprint density at radius 2 is 1.67 bits per heavy atom. The number of carboxylic acids is 1. The second-order valence-corrected chi connectivity index (χ2v) is 0.519. The van der Waals surface area contributed by atoms with Gasteiger partial charge in [-0.1, -0.05) is 0 Å². The van der Waals surface area contributed by atoms with E-state index in [2.05, 4.69) is 0 Å². The molecule has 0 amide bonds. The molecule has 2 nitrogen and oxygen atoms in total. The van der Waals surface area contributed by atoms with Crippen molar-refractivity contribution in [3.63, 3.8) is 0 Å². The standard InChI is InChI=1S/C2H4O2.Na.Pt.H/c1-2(3)4;;;/h1H3,(H,3,4);;;. The second kappa shape index (κ2) is 9.48. The molecule has 0 rings (SSSR count). The third-order valence-electron chi connectivity index (χ3n) is 0. The van der Waals surface area contributed by atoms with Crippen molar-refractivity contribution < 1.29 is 31.0 Å².